The summed E-state index contributed by atoms with van der Waals surface area (Å²) in [6.45, 7) is 0. The summed E-state index contributed by atoms with van der Waals surface area (Å²) in [6, 6.07) is 54.4. The summed E-state index contributed by atoms with van der Waals surface area (Å²) in [5, 5.41) is 2.65. The van der Waals surface area contributed by atoms with Crippen molar-refractivity contribution in [3.63, 3.8) is 0 Å². The molecule has 10 rings (SSSR count). The van der Waals surface area contributed by atoms with Gasteiger partial charge in [0.15, 0.2) is 5.82 Å². The average molecular weight is 658 g/mol. The number of thiophene rings is 1. The van der Waals surface area contributed by atoms with E-state index in [9.17, 15) is 0 Å². The normalized spacial score (nSPS) is 14.9. The van der Waals surface area contributed by atoms with Crippen molar-refractivity contribution >= 4 is 48.5 Å². The second-order valence-electron chi connectivity index (χ2n) is 12.9. The van der Waals surface area contributed by atoms with E-state index < -0.39 is 0 Å². The van der Waals surface area contributed by atoms with E-state index in [2.05, 4.69) is 151 Å². The van der Waals surface area contributed by atoms with Crippen LogP contribution in [-0.4, -0.2) is 16.0 Å². The fourth-order valence-corrected chi connectivity index (χ4v) is 8.75. The van der Waals surface area contributed by atoms with Crippen molar-refractivity contribution in [2.24, 2.45) is 0 Å². The molecule has 6 aromatic carbocycles. The lowest BCUT2D eigenvalue weighted by Crippen LogP contribution is -2.26. The summed E-state index contributed by atoms with van der Waals surface area (Å²) in [7, 11) is 0. The van der Waals surface area contributed by atoms with Crippen LogP contribution in [0.1, 0.15) is 12.0 Å². The van der Waals surface area contributed by atoms with Crippen LogP contribution in [0.4, 0.5) is 11.4 Å². The third-order valence-corrected chi connectivity index (χ3v) is 11.1. The largest absolute Gasteiger partial charge is 0.333 e. The Kier molecular flexibility index (Phi) is 6.81. The number of hydrogen-bond donors (Lipinski definition) is 0. The number of hydrogen-bond acceptors (Lipinski definition) is 4. The molecule has 0 amide bonds. The van der Waals surface area contributed by atoms with E-state index in [0.29, 0.717) is 0 Å². The number of rotatable bonds is 5. The summed E-state index contributed by atoms with van der Waals surface area (Å²) in [6.07, 6.45) is 7.81. The van der Waals surface area contributed by atoms with Gasteiger partial charge in [0, 0.05) is 53.8 Å². The highest BCUT2D eigenvalue weighted by Gasteiger charge is 2.37. The standard InChI is InChI=1S/C46H31N3S/c1-3-13-30(14-4-1)39-29-40(48-46(47-39)31-15-5-2-6-16-31)33-18-11-17-32(27-33)35-21-12-23-42-45(35)37-20-7-9-22-41(37)49(42)34-25-26-44-38(28-34)36-19-8-10-24-43(36)50-44/h1-21,23-29,41H,22H2. The molecule has 0 saturated carbocycles. The summed E-state index contributed by atoms with van der Waals surface area (Å²) in [5.74, 6) is 0.723. The molecule has 1 aliphatic carbocycles. The molecule has 0 N–H and O–H groups in total. The van der Waals surface area contributed by atoms with Gasteiger partial charge in [-0.25, -0.2) is 9.97 Å². The number of aromatic nitrogens is 2. The first-order valence-corrected chi connectivity index (χ1v) is 17.9. The van der Waals surface area contributed by atoms with Crippen LogP contribution in [0.15, 0.2) is 170 Å². The Hall–Kier alpha value is -6.10. The molecule has 8 aromatic rings. The predicted molar refractivity (Wildman–Crippen MR) is 211 cm³/mol. The monoisotopic (exact) mass is 657 g/mol. The van der Waals surface area contributed by atoms with E-state index in [4.69, 9.17) is 9.97 Å². The van der Waals surface area contributed by atoms with E-state index in [-0.39, 0.29) is 6.04 Å². The van der Waals surface area contributed by atoms with E-state index in [1.165, 1.54) is 53.8 Å². The molecular weight excluding hydrogens is 627 g/mol. The molecule has 3 heterocycles. The smallest absolute Gasteiger partial charge is 0.160 e. The molecule has 1 unspecified atom stereocenters. The highest BCUT2D eigenvalue weighted by Crippen LogP contribution is 2.52. The van der Waals surface area contributed by atoms with Crippen LogP contribution in [-0.2, 0) is 0 Å². The zero-order valence-electron chi connectivity index (χ0n) is 27.2. The van der Waals surface area contributed by atoms with Gasteiger partial charge in [-0.2, -0.15) is 0 Å². The fourth-order valence-electron chi connectivity index (χ4n) is 7.66. The van der Waals surface area contributed by atoms with Crippen LogP contribution in [0.5, 0.6) is 0 Å². The van der Waals surface area contributed by atoms with Gasteiger partial charge in [-0.05, 0) is 65.6 Å². The lowest BCUT2D eigenvalue weighted by molar-refractivity contribution is 0.830. The summed E-state index contributed by atoms with van der Waals surface area (Å²) >= 11 is 1.87. The van der Waals surface area contributed by atoms with Gasteiger partial charge in [-0.3, -0.25) is 0 Å². The lowest BCUT2D eigenvalue weighted by atomic mass is 9.89. The van der Waals surface area contributed by atoms with Gasteiger partial charge in [0.1, 0.15) is 0 Å². The maximum atomic E-state index is 5.13. The van der Waals surface area contributed by atoms with Gasteiger partial charge in [0.25, 0.3) is 0 Å². The maximum Gasteiger partial charge on any atom is 0.160 e. The zero-order valence-corrected chi connectivity index (χ0v) is 28.0. The van der Waals surface area contributed by atoms with Crippen LogP contribution < -0.4 is 4.90 Å². The molecule has 2 aromatic heterocycles. The second kappa shape index (κ2) is 11.8. The Morgan fingerprint density at radius 3 is 2.12 bits per heavy atom. The van der Waals surface area contributed by atoms with Crippen LogP contribution in [0.3, 0.4) is 0 Å². The van der Waals surface area contributed by atoms with Crippen LogP contribution in [0.2, 0.25) is 0 Å². The van der Waals surface area contributed by atoms with Gasteiger partial charge >= 0.3 is 0 Å². The Morgan fingerprint density at radius 2 is 1.26 bits per heavy atom. The van der Waals surface area contributed by atoms with E-state index in [1.807, 2.05) is 35.6 Å². The molecule has 0 bridgehead atoms. The van der Waals surface area contributed by atoms with Crippen molar-refractivity contribution in [3.8, 4) is 45.0 Å². The lowest BCUT2D eigenvalue weighted by Gasteiger charge is -2.28. The number of fused-ring (bicyclic) bond motifs is 6. The van der Waals surface area contributed by atoms with Gasteiger partial charge < -0.3 is 4.90 Å². The molecule has 2 aliphatic rings. The van der Waals surface area contributed by atoms with Crippen LogP contribution in [0.25, 0.3) is 70.8 Å². The quantitative estimate of drug-likeness (QED) is 0.184. The summed E-state index contributed by atoms with van der Waals surface area (Å²) in [5.41, 5.74) is 12.5. The molecule has 0 saturated heterocycles. The topological polar surface area (TPSA) is 29.0 Å². The predicted octanol–water partition coefficient (Wildman–Crippen LogP) is 12.4. The minimum absolute atomic E-state index is 0.241. The van der Waals surface area contributed by atoms with Crippen LogP contribution >= 0.6 is 11.3 Å². The first-order chi connectivity index (χ1) is 24.8. The first kappa shape index (κ1) is 28.9. The molecule has 236 valence electrons. The molecule has 50 heavy (non-hydrogen) atoms. The maximum absolute atomic E-state index is 5.13. The molecule has 1 aliphatic heterocycles. The average Bonchev–Trinajstić information content (AvgIpc) is 3.74. The number of allylic oxidation sites excluding steroid dienone is 2. The molecule has 3 nitrogen and oxygen atoms in total. The third kappa shape index (κ3) is 4.80. The minimum atomic E-state index is 0.241. The van der Waals surface area contributed by atoms with Gasteiger partial charge in [-0.15, -0.1) is 11.3 Å². The van der Waals surface area contributed by atoms with Gasteiger partial charge in [0.05, 0.1) is 17.4 Å². The molecular formula is C46H31N3S. The summed E-state index contributed by atoms with van der Waals surface area (Å²) < 4.78 is 2.66. The van der Waals surface area contributed by atoms with Crippen molar-refractivity contribution in [1.29, 1.82) is 0 Å². The SMILES string of the molecule is C1=CCC2C(=C1)c1c(-c3cccc(-c4cc(-c5ccccc5)nc(-c5ccccc5)n4)c3)cccc1N2c1ccc2sc3ccccc3c2c1. The van der Waals surface area contributed by atoms with Crippen molar-refractivity contribution in [2.75, 3.05) is 4.90 Å². The Bertz CT molecular complexity index is 2580. The Morgan fingerprint density at radius 1 is 0.560 bits per heavy atom. The zero-order chi connectivity index (χ0) is 33.0. The van der Waals surface area contributed by atoms with E-state index in [1.54, 1.807) is 0 Å². The van der Waals surface area contributed by atoms with Crippen molar-refractivity contribution in [2.45, 2.75) is 12.5 Å². The molecule has 4 heteroatoms. The minimum Gasteiger partial charge on any atom is -0.333 e. The van der Waals surface area contributed by atoms with Crippen molar-refractivity contribution < 1.29 is 0 Å². The fraction of sp³-hybridized carbons (Fsp3) is 0.0435. The molecule has 0 radical (unpaired) electrons. The Balaban J connectivity index is 1.11. The van der Waals surface area contributed by atoms with Gasteiger partial charge in [0.2, 0.25) is 0 Å². The number of nitrogens with zero attached hydrogens (tertiary/aromatic N) is 3. The summed E-state index contributed by atoms with van der Waals surface area (Å²) in [4.78, 5) is 12.7. The second-order valence-corrected chi connectivity index (χ2v) is 14.0. The molecule has 0 spiro atoms. The number of anilines is 2. The van der Waals surface area contributed by atoms with Crippen molar-refractivity contribution in [1.82, 2.24) is 9.97 Å². The van der Waals surface area contributed by atoms with Crippen LogP contribution in [0, 0.1) is 0 Å². The molecule has 1 atom stereocenters. The van der Waals surface area contributed by atoms with Crippen molar-refractivity contribution in [3.05, 3.63) is 175 Å². The highest BCUT2D eigenvalue weighted by molar-refractivity contribution is 7.25. The van der Waals surface area contributed by atoms with E-state index >= 15 is 0 Å². The Labute approximate surface area is 295 Å². The third-order valence-electron chi connectivity index (χ3n) is 9.97. The molecule has 0 fully saturated rings. The van der Waals surface area contributed by atoms with Gasteiger partial charge in [-0.1, -0.05) is 127 Å². The first-order valence-electron chi connectivity index (χ1n) is 17.1. The van der Waals surface area contributed by atoms with E-state index in [0.717, 1.165) is 40.3 Å². The highest BCUT2D eigenvalue weighted by atomic mass is 32.1. The number of benzene rings is 6.